The third-order valence-corrected chi connectivity index (χ3v) is 4.37. The van der Waals surface area contributed by atoms with Gasteiger partial charge in [-0.2, -0.15) is 5.10 Å². The molecule has 0 bridgehead atoms. The molecule has 0 unspecified atom stereocenters. The Morgan fingerprint density at radius 3 is 2.35 bits per heavy atom. The molecular weight excluding hydrogens is 332 g/mol. The first kappa shape index (κ1) is 20.3. The van der Waals surface area contributed by atoms with Crippen molar-refractivity contribution in [2.45, 2.75) is 66.0 Å². The zero-order valence-corrected chi connectivity index (χ0v) is 17.0. The maximum absolute atomic E-state index is 13.0. The van der Waals surface area contributed by atoms with E-state index in [9.17, 15) is 9.59 Å². The highest BCUT2D eigenvalue weighted by Crippen LogP contribution is 2.25. The Labute approximate surface area is 156 Å². The van der Waals surface area contributed by atoms with Crippen molar-refractivity contribution < 1.29 is 14.3 Å². The predicted octanol–water partition coefficient (Wildman–Crippen LogP) is 2.98. The van der Waals surface area contributed by atoms with Gasteiger partial charge in [0.1, 0.15) is 5.60 Å². The normalized spacial score (nSPS) is 14.2. The number of hydrogen-bond donors (Lipinski definition) is 0. The molecular formula is C19H32N4O3. The molecule has 0 fully saturated rings. The minimum Gasteiger partial charge on any atom is -0.444 e. The van der Waals surface area contributed by atoms with Crippen molar-refractivity contribution in [3.05, 3.63) is 17.0 Å². The Bertz CT molecular complexity index is 654. The number of aryl methyl sites for hydroxylation is 1. The maximum atomic E-state index is 13.0. The number of nitrogens with zero attached hydrogens (tertiary/aromatic N) is 4. The molecule has 0 N–H and O–H groups in total. The molecule has 0 aliphatic carbocycles. The Hall–Kier alpha value is -2.05. The van der Waals surface area contributed by atoms with Crippen LogP contribution in [0.15, 0.2) is 0 Å². The number of amides is 2. The minimum absolute atomic E-state index is 0.0448. The smallest absolute Gasteiger partial charge is 0.410 e. The molecule has 1 aromatic heterocycles. The van der Waals surface area contributed by atoms with Crippen LogP contribution in [0, 0.1) is 0 Å². The van der Waals surface area contributed by atoms with E-state index in [1.807, 2.05) is 32.7 Å². The van der Waals surface area contributed by atoms with Crippen molar-refractivity contribution in [2.24, 2.45) is 7.05 Å². The molecule has 2 rings (SSSR count). The number of carbonyl (C=O) groups is 2. The van der Waals surface area contributed by atoms with E-state index in [1.54, 1.807) is 9.58 Å². The summed E-state index contributed by atoms with van der Waals surface area (Å²) in [6, 6.07) is 0. The molecule has 7 nitrogen and oxygen atoms in total. The third-order valence-electron chi connectivity index (χ3n) is 4.37. The van der Waals surface area contributed by atoms with Crippen LogP contribution in [0.25, 0.3) is 0 Å². The summed E-state index contributed by atoms with van der Waals surface area (Å²) in [5.41, 5.74) is 1.81. The molecule has 0 saturated carbocycles. The van der Waals surface area contributed by atoms with Crippen LogP contribution < -0.4 is 0 Å². The van der Waals surface area contributed by atoms with Gasteiger partial charge in [-0.15, -0.1) is 0 Å². The number of fused-ring (bicyclic) bond motifs is 1. The van der Waals surface area contributed by atoms with Crippen molar-refractivity contribution in [3.8, 4) is 0 Å². The van der Waals surface area contributed by atoms with Gasteiger partial charge in [-0.25, -0.2) is 4.79 Å². The van der Waals surface area contributed by atoms with Crippen LogP contribution in [0.1, 0.15) is 69.2 Å². The standard InChI is InChI=1S/C19H32N4O3/c1-7-10-22(11-8-2)17(24)16-14-13-23(18(25)26-19(3,4)5)12-9-15(14)21(6)20-16/h7-13H2,1-6H3. The average molecular weight is 364 g/mol. The molecule has 2 amide bonds. The first-order valence-corrected chi connectivity index (χ1v) is 9.49. The lowest BCUT2D eigenvalue weighted by Gasteiger charge is -2.30. The molecule has 0 spiro atoms. The lowest BCUT2D eigenvalue weighted by molar-refractivity contribution is 0.0221. The molecule has 0 radical (unpaired) electrons. The molecule has 1 aliphatic heterocycles. The third kappa shape index (κ3) is 4.56. The Kier molecular flexibility index (Phi) is 6.31. The lowest BCUT2D eigenvalue weighted by Crippen LogP contribution is -2.41. The topological polar surface area (TPSA) is 67.7 Å². The van der Waals surface area contributed by atoms with E-state index in [0.717, 1.165) is 24.1 Å². The van der Waals surface area contributed by atoms with Crippen LogP contribution in [0.5, 0.6) is 0 Å². The second-order valence-electron chi connectivity index (χ2n) is 7.84. The van der Waals surface area contributed by atoms with Crippen LogP contribution >= 0.6 is 0 Å². The SMILES string of the molecule is CCCN(CCC)C(=O)c1nn(C)c2c1CN(C(=O)OC(C)(C)C)CC2. The van der Waals surface area contributed by atoms with E-state index in [-0.39, 0.29) is 12.0 Å². The highest BCUT2D eigenvalue weighted by atomic mass is 16.6. The van der Waals surface area contributed by atoms with Gasteiger partial charge >= 0.3 is 6.09 Å². The van der Waals surface area contributed by atoms with Gasteiger partial charge in [0.25, 0.3) is 5.91 Å². The molecule has 1 aromatic rings. The Balaban J connectivity index is 2.26. The molecule has 26 heavy (non-hydrogen) atoms. The van der Waals surface area contributed by atoms with E-state index in [2.05, 4.69) is 18.9 Å². The quantitative estimate of drug-likeness (QED) is 0.805. The first-order valence-electron chi connectivity index (χ1n) is 9.49. The Morgan fingerprint density at radius 1 is 1.19 bits per heavy atom. The summed E-state index contributed by atoms with van der Waals surface area (Å²) in [7, 11) is 1.86. The fourth-order valence-corrected chi connectivity index (χ4v) is 3.25. The predicted molar refractivity (Wildman–Crippen MR) is 100 cm³/mol. The summed E-state index contributed by atoms with van der Waals surface area (Å²) in [5, 5.41) is 4.49. The summed E-state index contributed by atoms with van der Waals surface area (Å²) in [4.78, 5) is 29.0. The van der Waals surface area contributed by atoms with E-state index < -0.39 is 5.60 Å². The summed E-state index contributed by atoms with van der Waals surface area (Å²) in [5.74, 6) is -0.0448. The van der Waals surface area contributed by atoms with Gasteiger partial charge in [0, 0.05) is 44.4 Å². The molecule has 146 valence electrons. The van der Waals surface area contributed by atoms with Gasteiger partial charge < -0.3 is 14.5 Å². The van der Waals surface area contributed by atoms with Crippen molar-refractivity contribution in [1.29, 1.82) is 0 Å². The molecule has 0 aromatic carbocycles. The van der Waals surface area contributed by atoms with Crippen molar-refractivity contribution in [3.63, 3.8) is 0 Å². The first-order chi connectivity index (χ1) is 12.2. The van der Waals surface area contributed by atoms with Crippen molar-refractivity contribution in [1.82, 2.24) is 19.6 Å². The van der Waals surface area contributed by atoms with Gasteiger partial charge in [-0.3, -0.25) is 9.48 Å². The summed E-state index contributed by atoms with van der Waals surface area (Å²) < 4.78 is 7.27. The highest BCUT2D eigenvalue weighted by molar-refractivity contribution is 5.94. The summed E-state index contributed by atoms with van der Waals surface area (Å²) in [6.07, 6.45) is 2.15. The van der Waals surface area contributed by atoms with Crippen LogP contribution in [0.2, 0.25) is 0 Å². The van der Waals surface area contributed by atoms with E-state index >= 15 is 0 Å². The second-order valence-corrected chi connectivity index (χ2v) is 7.84. The Morgan fingerprint density at radius 2 is 1.81 bits per heavy atom. The van der Waals surface area contributed by atoms with Crippen LogP contribution in [-0.2, 0) is 24.8 Å². The van der Waals surface area contributed by atoms with Crippen LogP contribution in [-0.4, -0.2) is 56.8 Å². The summed E-state index contributed by atoms with van der Waals surface area (Å²) in [6.45, 7) is 12.1. The van der Waals surface area contributed by atoms with Crippen molar-refractivity contribution >= 4 is 12.0 Å². The zero-order chi connectivity index (χ0) is 19.5. The number of aromatic nitrogens is 2. The molecule has 0 saturated heterocycles. The highest BCUT2D eigenvalue weighted by Gasteiger charge is 2.32. The maximum Gasteiger partial charge on any atom is 0.410 e. The molecule has 1 aliphatic rings. The van der Waals surface area contributed by atoms with E-state index in [1.165, 1.54) is 0 Å². The van der Waals surface area contributed by atoms with E-state index in [4.69, 9.17) is 4.74 Å². The number of hydrogen-bond acceptors (Lipinski definition) is 4. The van der Waals surface area contributed by atoms with Crippen molar-refractivity contribution in [2.75, 3.05) is 19.6 Å². The van der Waals surface area contributed by atoms with Gasteiger partial charge in [-0.1, -0.05) is 13.8 Å². The van der Waals surface area contributed by atoms with Gasteiger partial charge in [0.2, 0.25) is 0 Å². The number of rotatable bonds is 5. The average Bonchev–Trinajstić information content (AvgIpc) is 2.89. The van der Waals surface area contributed by atoms with Gasteiger partial charge in [0.05, 0.1) is 6.54 Å². The fraction of sp³-hybridized carbons (Fsp3) is 0.737. The van der Waals surface area contributed by atoms with E-state index in [0.29, 0.717) is 38.3 Å². The zero-order valence-electron chi connectivity index (χ0n) is 17.0. The molecule has 7 heteroatoms. The molecule has 0 atom stereocenters. The second kappa shape index (κ2) is 8.10. The minimum atomic E-state index is -0.538. The van der Waals surface area contributed by atoms with Gasteiger partial charge in [-0.05, 0) is 33.6 Å². The summed E-state index contributed by atoms with van der Waals surface area (Å²) >= 11 is 0. The lowest BCUT2D eigenvalue weighted by atomic mass is 10.0. The van der Waals surface area contributed by atoms with Crippen LogP contribution in [0.3, 0.4) is 0 Å². The van der Waals surface area contributed by atoms with Gasteiger partial charge in [0.15, 0.2) is 5.69 Å². The number of ether oxygens (including phenoxy) is 1. The monoisotopic (exact) mass is 364 g/mol. The largest absolute Gasteiger partial charge is 0.444 e. The van der Waals surface area contributed by atoms with Crippen LogP contribution in [0.4, 0.5) is 4.79 Å². The fourth-order valence-electron chi connectivity index (χ4n) is 3.25. The molecule has 2 heterocycles. The number of carbonyl (C=O) groups excluding carboxylic acids is 2.